The molecule has 0 spiro atoms. The fourth-order valence-electron chi connectivity index (χ4n) is 3.56. The van der Waals surface area contributed by atoms with Gasteiger partial charge in [0.05, 0.1) is 21.7 Å². The lowest BCUT2D eigenvalue weighted by molar-refractivity contribution is -0.120. The summed E-state index contributed by atoms with van der Waals surface area (Å²) in [6.07, 6.45) is 1.23. The molecule has 0 aromatic heterocycles. The average molecular weight is 471 g/mol. The summed E-state index contributed by atoms with van der Waals surface area (Å²) in [5.41, 5.74) is 1.14. The van der Waals surface area contributed by atoms with E-state index in [1.54, 1.807) is 36.4 Å². The Labute approximate surface area is 184 Å². The number of rotatable bonds is 5. The quantitative estimate of drug-likeness (QED) is 0.715. The van der Waals surface area contributed by atoms with Crippen LogP contribution in [0.1, 0.15) is 18.4 Å². The van der Waals surface area contributed by atoms with Crippen molar-refractivity contribution in [1.82, 2.24) is 4.31 Å². The highest BCUT2D eigenvalue weighted by Gasteiger charge is 2.32. The Kier molecular flexibility index (Phi) is 6.11. The van der Waals surface area contributed by atoms with Gasteiger partial charge in [-0.2, -0.15) is 0 Å². The zero-order valence-corrected chi connectivity index (χ0v) is 18.3. The minimum atomic E-state index is -3.60. The van der Waals surface area contributed by atoms with Crippen molar-refractivity contribution in [3.63, 3.8) is 0 Å². The normalized spacial score (nSPS) is 18.9. The number of sulfonamides is 1. The van der Waals surface area contributed by atoms with Crippen molar-refractivity contribution in [3.05, 3.63) is 52.0 Å². The van der Waals surface area contributed by atoms with E-state index in [0.29, 0.717) is 52.2 Å². The molecule has 7 nitrogen and oxygen atoms in total. The second-order valence-electron chi connectivity index (χ2n) is 7.26. The minimum Gasteiger partial charge on any atom is -0.454 e. The maximum atomic E-state index is 12.9. The molecular formula is C20H20Cl2N2O5S. The van der Waals surface area contributed by atoms with E-state index >= 15 is 0 Å². The van der Waals surface area contributed by atoms with Crippen molar-refractivity contribution in [2.24, 2.45) is 5.92 Å². The summed E-state index contributed by atoms with van der Waals surface area (Å²) in [5.74, 6) is 0.351. The molecule has 4 rings (SSSR count). The van der Waals surface area contributed by atoms with Crippen LogP contribution in [0.2, 0.25) is 10.0 Å². The predicted molar refractivity (Wildman–Crippen MR) is 115 cm³/mol. The molecule has 0 saturated carbocycles. The van der Waals surface area contributed by atoms with Gasteiger partial charge in [-0.05, 0) is 42.7 Å². The lowest BCUT2D eigenvalue weighted by atomic mass is 9.98. The number of halogens is 2. The van der Waals surface area contributed by atoms with Gasteiger partial charge in [-0.25, -0.2) is 12.7 Å². The first-order chi connectivity index (χ1) is 14.3. The molecule has 1 atom stereocenters. The number of hydrogen-bond acceptors (Lipinski definition) is 5. The van der Waals surface area contributed by atoms with Crippen LogP contribution in [0.4, 0.5) is 5.69 Å². The fraction of sp³-hybridized carbons (Fsp3) is 0.350. The smallest absolute Gasteiger partial charge is 0.231 e. The molecule has 2 aromatic rings. The first kappa shape index (κ1) is 21.2. The number of fused-ring (bicyclic) bond motifs is 1. The molecule has 2 aliphatic rings. The highest BCUT2D eigenvalue weighted by Crippen LogP contribution is 2.34. The number of nitrogens with one attached hydrogen (secondary N) is 1. The molecule has 0 bridgehead atoms. The highest BCUT2D eigenvalue weighted by atomic mass is 35.5. The Balaban J connectivity index is 1.41. The Hall–Kier alpha value is -2.00. The van der Waals surface area contributed by atoms with Crippen LogP contribution >= 0.6 is 23.2 Å². The van der Waals surface area contributed by atoms with Crippen LogP contribution in [-0.4, -0.2) is 38.5 Å². The van der Waals surface area contributed by atoms with Gasteiger partial charge < -0.3 is 14.8 Å². The second kappa shape index (κ2) is 8.63. The molecule has 0 unspecified atom stereocenters. The van der Waals surface area contributed by atoms with Crippen molar-refractivity contribution in [2.75, 3.05) is 25.2 Å². The number of carbonyl (C=O) groups is 1. The molecule has 160 valence electrons. The van der Waals surface area contributed by atoms with Crippen molar-refractivity contribution >= 4 is 44.8 Å². The first-order valence-corrected chi connectivity index (χ1v) is 11.8. The molecule has 0 radical (unpaired) electrons. The Morgan fingerprint density at radius 3 is 2.70 bits per heavy atom. The third-order valence-electron chi connectivity index (χ3n) is 5.12. The molecule has 1 amide bonds. The van der Waals surface area contributed by atoms with Crippen LogP contribution in [0.15, 0.2) is 36.4 Å². The number of benzene rings is 2. The van der Waals surface area contributed by atoms with E-state index in [-0.39, 0.29) is 25.0 Å². The molecule has 1 N–H and O–H groups in total. The predicted octanol–water partition coefficient (Wildman–Crippen LogP) is 3.90. The Morgan fingerprint density at radius 2 is 1.90 bits per heavy atom. The van der Waals surface area contributed by atoms with Crippen LogP contribution in [0, 0.1) is 5.92 Å². The molecule has 1 fully saturated rings. The number of piperidine rings is 1. The van der Waals surface area contributed by atoms with Crippen LogP contribution < -0.4 is 14.8 Å². The standard InChI is InChI=1S/C20H20Cl2N2O5S/c21-16-5-3-13(8-17(16)22)11-30(26,27)24-7-1-2-14(10-24)20(25)23-15-4-6-18-19(9-15)29-12-28-18/h3-6,8-9,14H,1-2,7,10-12H2,(H,23,25)/t14-/m0/s1. The lowest BCUT2D eigenvalue weighted by Gasteiger charge is -2.31. The Bertz CT molecular complexity index is 1080. The SMILES string of the molecule is O=C(Nc1ccc2c(c1)OCO2)[C@H]1CCCN(S(=O)(=O)Cc2ccc(Cl)c(Cl)c2)C1. The molecule has 2 aromatic carbocycles. The number of nitrogens with zero attached hydrogens (tertiary/aromatic N) is 1. The number of hydrogen-bond donors (Lipinski definition) is 1. The van der Waals surface area contributed by atoms with Gasteiger partial charge >= 0.3 is 0 Å². The molecule has 2 heterocycles. The average Bonchev–Trinajstić information content (AvgIpc) is 3.18. The maximum absolute atomic E-state index is 12.9. The van der Waals surface area contributed by atoms with Crippen molar-refractivity contribution in [1.29, 1.82) is 0 Å². The molecule has 2 aliphatic heterocycles. The summed E-state index contributed by atoms with van der Waals surface area (Å²) in [7, 11) is -3.60. The van der Waals surface area contributed by atoms with Crippen molar-refractivity contribution in [3.8, 4) is 11.5 Å². The van der Waals surface area contributed by atoms with Crippen molar-refractivity contribution < 1.29 is 22.7 Å². The van der Waals surface area contributed by atoms with Crippen LogP contribution in [0.5, 0.6) is 11.5 Å². The van der Waals surface area contributed by atoms with Gasteiger partial charge in [0, 0.05) is 24.8 Å². The van der Waals surface area contributed by atoms with Crippen LogP contribution in [0.3, 0.4) is 0 Å². The van der Waals surface area contributed by atoms with Crippen LogP contribution in [0.25, 0.3) is 0 Å². The lowest BCUT2D eigenvalue weighted by Crippen LogP contribution is -2.44. The fourth-order valence-corrected chi connectivity index (χ4v) is 5.48. The summed E-state index contributed by atoms with van der Waals surface area (Å²) in [6.45, 7) is 0.679. The van der Waals surface area contributed by atoms with Gasteiger partial charge in [0.2, 0.25) is 22.7 Å². The van der Waals surface area contributed by atoms with Gasteiger partial charge in [0.15, 0.2) is 11.5 Å². The minimum absolute atomic E-state index is 0.139. The monoisotopic (exact) mass is 470 g/mol. The third-order valence-corrected chi connectivity index (χ3v) is 7.68. The van der Waals surface area contributed by atoms with Gasteiger partial charge in [0.25, 0.3) is 0 Å². The summed E-state index contributed by atoms with van der Waals surface area (Å²) in [5, 5.41) is 3.53. The zero-order chi connectivity index (χ0) is 21.3. The van der Waals surface area contributed by atoms with E-state index in [1.165, 1.54) is 4.31 Å². The number of ether oxygens (including phenoxy) is 2. The number of amides is 1. The van der Waals surface area contributed by atoms with E-state index in [0.717, 1.165) is 0 Å². The van der Waals surface area contributed by atoms with E-state index in [1.807, 2.05) is 0 Å². The molecule has 0 aliphatic carbocycles. The summed E-state index contributed by atoms with van der Waals surface area (Å²) in [6, 6.07) is 9.92. The maximum Gasteiger partial charge on any atom is 0.231 e. The summed E-state index contributed by atoms with van der Waals surface area (Å²) < 4.78 is 37.8. The second-order valence-corrected chi connectivity index (χ2v) is 10.0. The van der Waals surface area contributed by atoms with E-state index in [4.69, 9.17) is 32.7 Å². The number of anilines is 1. The van der Waals surface area contributed by atoms with E-state index in [2.05, 4.69) is 5.32 Å². The third kappa shape index (κ3) is 4.67. The molecule has 10 heteroatoms. The van der Waals surface area contributed by atoms with Gasteiger partial charge in [-0.1, -0.05) is 29.3 Å². The van der Waals surface area contributed by atoms with Crippen molar-refractivity contribution in [2.45, 2.75) is 18.6 Å². The van der Waals surface area contributed by atoms with Gasteiger partial charge in [-0.3, -0.25) is 4.79 Å². The summed E-state index contributed by atoms with van der Waals surface area (Å²) >= 11 is 11.9. The van der Waals surface area contributed by atoms with E-state index < -0.39 is 15.9 Å². The molecule has 30 heavy (non-hydrogen) atoms. The number of carbonyl (C=O) groups excluding carboxylic acids is 1. The van der Waals surface area contributed by atoms with Crippen LogP contribution in [-0.2, 0) is 20.6 Å². The highest BCUT2D eigenvalue weighted by molar-refractivity contribution is 7.88. The Morgan fingerprint density at radius 1 is 1.10 bits per heavy atom. The first-order valence-electron chi connectivity index (χ1n) is 9.44. The largest absolute Gasteiger partial charge is 0.454 e. The zero-order valence-electron chi connectivity index (χ0n) is 15.9. The van der Waals surface area contributed by atoms with E-state index in [9.17, 15) is 13.2 Å². The molecule has 1 saturated heterocycles. The van der Waals surface area contributed by atoms with Gasteiger partial charge in [0.1, 0.15) is 0 Å². The topological polar surface area (TPSA) is 84.9 Å². The molecular weight excluding hydrogens is 451 g/mol. The summed E-state index contributed by atoms with van der Waals surface area (Å²) in [4.78, 5) is 12.7. The van der Waals surface area contributed by atoms with Gasteiger partial charge in [-0.15, -0.1) is 0 Å².